The van der Waals surface area contributed by atoms with Crippen LogP contribution in [0.25, 0.3) is 0 Å². The van der Waals surface area contributed by atoms with Gasteiger partial charge in [0.05, 0.1) is 19.7 Å². The normalized spacial score (nSPS) is 18.1. The highest BCUT2D eigenvalue weighted by molar-refractivity contribution is 9.10. The number of halogens is 1. The summed E-state index contributed by atoms with van der Waals surface area (Å²) >= 11 is 3.39. The Kier molecular flexibility index (Phi) is 5.52. The summed E-state index contributed by atoms with van der Waals surface area (Å²) in [6.45, 7) is 4.85. The van der Waals surface area contributed by atoms with Crippen molar-refractivity contribution in [3.05, 3.63) is 47.0 Å². The van der Waals surface area contributed by atoms with Crippen LogP contribution in [0.4, 0.5) is 0 Å². The first-order chi connectivity index (χ1) is 10.1. The Balaban J connectivity index is 1.93. The molecule has 0 aliphatic carbocycles. The zero-order valence-electron chi connectivity index (χ0n) is 11.5. The quantitative estimate of drug-likeness (QED) is 0.838. The topological polar surface area (TPSA) is 58.6 Å². The molecule has 112 valence electrons. The molecule has 2 amide bonds. The third kappa shape index (κ3) is 4.41. The largest absolute Gasteiger partial charge is 0.370 e. The monoisotopic (exact) mass is 352 g/mol. The van der Waals surface area contributed by atoms with Crippen molar-refractivity contribution in [2.75, 3.05) is 26.2 Å². The molecule has 1 saturated heterocycles. The van der Waals surface area contributed by atoms with Crippen LogP contribution in [-0.4, -0.2) is 43.0 Å². The average Bonchev–Trinajstić information content (AvgIpc) is 2.53. The molecular weight excluding hydrogens is 336 g/mol. The Morgan fingerprint density at radius 1 is 1.43 bits per heavy atom. The second-order valence-electron chi connectivity index (χ2n) is 4.67. The Morgan fingerprint density at radius 3 is 2.81 bits per heavy atom. The number of hydrogen-bond donors (Lipinski definition) is 1. The molecule has 1 N–H and O–H groups in total. The molecule has 1 heterocycles. The van der Waals surface area contributed by atoms with E-state index in [0.29, 0.717) is 19.7 Å². The molecule has 2 rings (SSSR count). The number of carbonyl (C=O) groups excluding carboxylic acids is 2. The van der Waals surface area contributed by atoms with E-state index in [-0.39, 0.29) is 24.5 Å². The summed E-state index contributed by atoms with van der Waals surface area (Å²) in [6.07, 6.45) is 1.02. The lowest BCUT2D eigenvalue weighted by molar-refractivity contribution is -0.139. The summed E-state index contributed by atoms with van der Waals surface area (Å²) in [5.41, 5.74) is 1.03. The first kappa shape index (κ1) is 15.7. The van der Waals surface area contributed by atoms with Gasteiger partial charge in [-0.25, -0.2) is 0 Å². The van der Waals surface area contributed by atoms with Crippen LogP contribution in [0.15, 0.2) is 41.4 Å². The second-order valence-corrected chi connectivity index (χ2v) is 5.59. The Hall–Kier alpha value is -1.66. The number of nitrogens with one attached hydrogen (secondary N) is 1. The average molecular weight is 353 g/mol. The van der Waals surface area contributed by atoms with E-state index in [0.717, 1.165) is 16.1 Å². The van der Waals surface area contributed by atoms with Crippen molar-refractivity contribution in [1.82, 2.24) is 10.2 Å². The first-order valence-electron chi connectivity index (χ1n) is 6.65. The molecule has 6 heteroatoms. The number of morpholine rings is 1. The fourth-order valence-electron chi connectivity index (χ4n) is 2.10. The van der Waals surface area contributed by atoms with Crippen LogP contribution in [0.5, 0.6) is 0 Å². The number of benzene rings is 1. The van der Waals surface area contributed by atoms with Crippen LogP contribution >= 0.6 is 15.9 Å². The number of nitrogens with zero attached hydrogens (tertiary/aromatic N) is 1. The van der Waals surface area contributed by atoms with Crippen molar-refractivity contribution in [2.24, 2.45) is 0 Å². The van der Waals surface area contributed by atoms with E-state index in [1.807, 2.05) is 24.3 Å². The van der Waals surface area contributed by atoms with Gasteiger partial charge in [0.2, 0.25) is 11.8 Å². The van der Waals surface area contributed by atoms with E-state index in [1.54, 1.807) is 4.90 Å². The summed E-state index contributed by atoms with van der Waals surface area (Å²) in [4.78, 5) is 24.9. The maximum Gasteiger partial charge on any atom is 0.243 e. The summed E-state index contributed by atoms with van der Waals surface area (Å²) < 4.78 is 6.72. The minimum Gasteiger partial charge on any atom is -0.370 e. The van der Waals surface area contributed by atoms with Crippen LogP contribution < -0.4 is 5.32 Å². The zero-order chi connectivity index (χ0) is 15.2. The molecule has 0 spiro atoms. The minimum absolute atomic E-state index is 0.0160. The van der Waals surface area contributed by atoms with Gasteiger partial charge in [0, 0.05) is 11.0 Å². The predicted molar refractivity (Wildman–Crippen MR) is 82.6 cm³/mol. The lowest BCUT2D eigenvalue weighted by Crippen LogP contribution is -2.46. The van der Waals surface area contributed by atoms with Crippen LogP contribution in [0, 0.1) is 0 Å². The third-order valence-electron chi connectivity index (χ3n) is 3.26. The van der Waals surface area contributed by atoms with E-state index in [9.17, 15) is 9.59 Å². The molecule has 1 aliphatic rings. The van der Waals surface area contributed by atoms with Crippen LogP contribution in [-0.2, 0) is 14.3 Å². The molecule has 21 heavy (non-hydrogen) atoms. The molecule has 1 aromatic carbocycles. The minimum atomic E-state index is -0.346. The highest BCUT2D eigenvalue weighted by atomic mass is 79.9. The first-order valence-corrected chi connectivity index (χ1v) is 7.44. The van der Waals surface area contributed by atoms with Gasteiger partial charge in [-0.2, -0.15) is 0 Å². The number of amides is 2. The van der Waals surface area contributed by atoms with Crippen molar-refractivity contribution < 1.29 is 14.3 Å². The highest BCUT2D eigenvalue weighted by Gasteiger charge is 2.25. The van der Waals surface area contributed by atoms with E-state index in [4.69, 9.17) is 4.74 Å². The second kappa shape index (κ2) is 7.38. The molecular formula is C15H17BrN2O3. The molecule has 1 atom stereocenters. The summed E-state index contributed by atoms with van der Waals surface area (Å²) in [7, 11) is 0. The smallest absolute Gasteiger partial charge is 0.243 e. The maximum atomic E-state index is 12.1. The van der Waals surface area contributed by atoms with Gasteiger partial charge < -0.3 is 15.0 Å². The predicted octanol–water partition coefficient (Wildman–Crippen LogP) is 1.65. The Morgan fingerprint density at radius 2 is 2.14 bits per heavy atom. The van der Waals surface area contributed by atoms with Crippen molar-refractivity contribution in [3.63, 3.8) is 0 Å². The number of rotatable bonds is 4. The molecule has 5 nitrogen and oxygen atoms in total. The molecule has 0 aromatic heterocycles. The van der Waals surface area contributed by atoms with Gasteiger partial charge in [0.1, 0.15) is 6.10 Å². The van der Waals surface area contributed by atoms with Crippen molar-refractivity contribution in [3.8, 4) is 0 Å². The lowest BCUT2D eigenvalue weighted by atomic mass is 10.1. The fraction of sp³-hybridized carbons (Fsp3) is 0.333. The van der Waals surface area contributed by atoms with Gasteiger partial charge in [-0.1, -0.05) is 34.6 Å². The SMILES string of the molecule is C=CC(=O)NCC(=O)N1CCOC(c2ccc(Br)cc2)C1. The molecule has 0 radical (unpaired) electrons. The lowest BCUT2D eigenvalue weighted by Gasteiger charge is -2.33. The van der Waals surface area contributed by atoms with E-state index < -0.39 is 0 Å². The van der Waals surface area contributed by atoms with Gasteiger partial charge >= 0.3 is 0 Å². The van der Waals surface area contributed by atoms with Gasteiger partial charge in [-0.15, -0.1) is 0 Å². The molecule has 1 fully saturated rings. The Bertz CT molecular complexity index is 530. The van der Waals surface area contributed by atoms with Crippen LogP contribution in [0.2, 0.25) is 0 Å². The molecule has 0 saturated carbocycles. The highest BCUT2D eigenvalue weighted by Crippen LogP contribution is 2.23. The van der Waals surface area contributed by atoms with Gasteiger partial charge in [-0.3, -0.25) is 9.59 Å². The molecule has 1 aromatic rings. The van der Waals surface area contributed by atoms with Crippen LogP contribution in [0.1, 0.15) is 11.7 Å². The summed E-state index contributed by atoms with van der Waals surface area (Å²) in [5, 5.41) is 2.50. The van der Waals surface area contributed by atoms with E-state index >= 15 is 0 Å². The van der Waals surface area contributed by atoms with Crippen molar-refractivity contribution in [2.45, 2.75) is 6.10 Å². The Labute approximate surface area is 132 Å². The maximum absolute atomic E-state index is 12.1. The van der Waals surface area contributed by atoms with Gasteiger partial charge in [-0.05, 0) is 23.8 Å². The van der Waals surface area contributed by atoms with E-state index in [1.165, 1.54) is 0 Å². The van der Waals surface area contributed by atoms with E-state index in [2.05, 4.69) is 27.8 Å². The molecule has 1 aliphatic heterocycles. The summed E-state index contributed by atoms with van der Waals surface area (Å²) in [5.74, 6) is -0.461. The molecule has 0 bridgehead atoms. The third-order valence-corrected chi connectivity index (χ3v) is 3.79. The number of ether oxygens (including phenoxy) is 1. The zero-order valence-corrected chi connectivity index (χ0v) is 13.1. The number of carbonyl (C=O) groups is 2. The molecule has 1 unspecified atom stereocenters. The summed E-state index contributed by atoms with van der Waals surface area (Å²) in [6, 6.07) is 7.85. The standard InChI is InChI=1S/C15H17BrN2O3/c1-2-14(19)17-9-15(20)18-7-8-21-13(10-18)11-3-5-12(16)6-4-11/h2-6,13H,1,7-10H2,(H,17,19). The number of hydrogen-bond acceptors (Lipinski definition) is 3. The van der Waals surface area contributed by atoms with Gasteiger partial charge in [0.15, 0.2) is 0 Å². The van der Waals surface area contributed by atoms with Crippen LogP contribution in [0.3, 0.4) is 0 Å². The van der Waals surface area contributed by atoms with Gasteiger partial charge in [0.25, 0.3) is 0 Å². The fourth-order valence-corrected chi connectivity index (χ4v) is 2.37. The van der Waals surface area contributed by atoms with Crippen molar-refractivity contribution in [1.29, 1.82) is 0 Å². The van der Waals surface area contributed by atoms with Crippen molar-refractivity contribution >= 4 is 27.7 Å².